The van der Waals surface area contributed by atoms with E-state index in [9.17, 15) is 4.79 Å². The van der Waals surface area contributed by atoms with Crippen LogP contribution < -0.4 is 4.90 Å². The molecular weight excluding hydrogens is 516 g/mol. The minimum absolute atomic E-state index is 0.310. The summed E-state index contributed by atoms with van der Waals surface area (Å²) in [4.78, 5) is 13.3. The maximum Gasteiger partial charge on any atom is 0.346 e. The standard InChI is InChI=1S/C38H32N2O2/c1-27(2)23-31-13-19-36(20-14-31)40(37-21-15-32(16-22-37)24-28(3)4)35-17-11-30(12-18-35)6-5-29-7-9-33(10-8-29)25-34(26-39)38(41)42/h7-25H,1-4H3,(H,41,42)/b34-25-. The Bertz CT molecular complexity index is 1690. The predicted molar refractivity (Wildman–Crippen MR) is 173 cm³/mol. The molecule has 0 saturated carbocycles. The molecule has 0 unspecified atom stereocenters. The Morgan fingerprint density at radius 3 is 1.29 bits per heavy atom. The zero-order valence-electron chi connectivity index (χ0n) is 24.2. The van der Waals surface area contributed by atoms with Crippen LogP contribution in [0.1, 0.15) is 55.5 Å². The molecule has 4 aromatic rings. The number of anilines is 3. The minimum Gasteiger partial charge on any atom is -0.477 e. The Morgan fingerprint density at radius 2 is 0.929 bits per heavy atom. The van der Waals surface area contributed by atoms with E-state index in [1.165, 1.54) is 28.3 Å². The van der Waals surface area contributed by atoms with Crippen molar-refractivity contribution in [3.05, 3.63) is 142 Å². The quantitative estimate of drug-likeness (QED) is 0.142. The smallest absolute Gasteiger partial charge is 0.346 e. The molecule has 4 heteroatoms. The molecule has 4 rings (SSSR count). The molecule has 0 saturated heterocycles. The number of carboxylic acid groups (broad SMARTS) is 1. The van der Waals surface area contributed by atoms with Crippen LogP contribution in [-0.2, 0) is 4.79 Å². The zero-order chi connectivity index (χ0) is 30.1. The zero-order valence-corrected chi connectivity index (χ0v) is 24.2. The SMILES string of the molecule is CC(C)=Cc1ccc(N(c2ccc(C#Cc3ccc(/C=C(/C#N)C(=O)O)cc3)cc2)c2ccc(C=C(C)C)cc2)cc1. The summed E-state index contributed by atoms with van der Waals surface area (Å²) in [5.74, 6) is 5.12. The molecule has 0 aliphatic rings. The molecule has 0 amide bonds. The lowest BCUT2D eigenvalue weighted by Gasteiger charge is -2.26. The first-order valence-corrected chi connectivity index (χ1v) is 13.6. The lowest BCUT2D eigenvalue weighted by Crippen LogP contribution is -2.09. The number of benzene rings is 4. The highest BCUT2D eigenvalue weighted by Gasteiger charge is 2.12. The number of carbonyl (C=O) groups is 1. The van der Waals surface area contributed by atoms with Gasteiger partial charge in [-0.05, 0) is 111 Å². The van der Waals surface area contributed by atoms with Crippen LogP contribution in [0.3, 0.4) is 0 Å². The monoisotopic (exact) mass is 548 g/mol. The molecule has 0 fully saturated rings. The first-order chi connectivity index (χ1) is 20.2. The summed E-state index contributed by atoms with van der Waals surface area (Å²) < 4.78 is 0. The minimum atomic E-state index is -1.25. The van der Waals surface area contributed by atoms with E-state index in [-0.39, 0.29) is 5.57 Å². The average molecular weight is 549 g/mol. The van der Waals surface area contributed by atoms with Crippen LogP contribution in [0.2, 0.25) is 0 Å². The molecule has 0 heterocycles. The Morgan fingerprint density at radius 1 is 0.595 bits per heavy atom. The fraction of sp³-hybridized carbons (Fsp3) is 0.105. The molecule has 0 bridgehead atoms. The Labute approximate surface area is 248 Å². The number of nitriles is 1. The molecule has 4 nitrogen and oxygen atoms in total. The molecule has 206 valence electrons. The molecule has 0 aromatic heterocycles. The topological polar surface area (TPSA) is 64.3 Å². The molecule has 4 aromatic carbocycles. The number of nitrogens with zero attached hydrogens (tertiary/aromatic N) is 2. The van der Waals surface area contributed by atoms with E-state index >= 15 is 0 Å². The van der Waals surface area contributed by atoms with Gasteiger partial charge in [0.05, 0.1) is 0 Å². The maximum absolute atomic E-state index is 11.1. The summed E-state index contributed by atoms with van der Waals surface area (Å²) >= 11 is 0. The van der Waals surface area contributed by atoms with Gasteiger partial charge in [-0.1, -0.05) is 71.5 Å². The molecule has 0 aliphatic heterocycles. The maximum atomic E-state index is 11.1. The number of allylic oxidation sites excluding steroid dienone is 2. The molecule has 1 N–H and O–H groups in total. The van der Waals surface area contributed by atoms with Gasteiger partial charge in [-0.25, -0.2) is 4.79 Å². The first-order valence-electron chi connectivity index (χ1n) is 13.6. The third-order valence-corrected chi connectivity index (χ3v) is 6.26. The van der Waals surface area contributed by atoms with Gasteiger partial charge in [0.1, 0.15) is 11.6 Å². The van der Waals surface area contributed by atoms with Crippen molar-refractivity contribution in [1.82, 2.24) is 0 Å². The highest BCUT2D eigenvalue weighted by molar-refractivity contribution is 5.96. The second-order valence-corrected chi connectivity index (χ2v) is 10.4. The first kappa shape index (κ1) is 29.4. The van der Waals surface area contributed by atoms with Crippen LogP contribution in [-0.4, -0.2) is 11.1 Å². The summed E-state index contributed by atoms with van der Waals surface area (Å²) in [6.07, 6.45) is 5.67. The van der Waals surface area contributed by atoms with Crippen LogP contribution in [0.15, 0.2) is 114 Å². The number of rotatable bonds is 7. The average Bonchev–Trinajstić information content (AvgIpc) is 2.97. The number of aliphatic carboxylic acids is 1. The van der Waals surface area contributed by atoms with Crippen molar-refractivity contribution in [2.24, 2.45) is 0 Å². The molecule has 42 heavy (non-hydrogen) atoms. The van der Waals surface area contributed by atoms with E-state index in [0.717, 1.165) is 28.2 Å². The number of hydrogen-bond donors (Lipinski definition) is 1. The Balaban J connectivity index is 1.62. The van der Waals surface area contributed by atoms with Gasteiger partial charge < -0.3 is 10.0 Å². The Hall–Kier alpha value is -5.58. The van der Waals surface area contributed by atoms with Crippen molar-refractivity contribution < 1.29 is 9.90 Å². The molecule has 0 aliphatic carbocycles. The van der Waals surface area contributed by atoms with Crippen LogP contribution in [0.25, 0.3) is 18.2 Å². The van der Waals surface area contributed by atoms with E-state index < -0.39 is 5.97 Å². The van der Waals surface area contributed by atoms with Crippen LogP contribution in [0, 0.1) is 23.2 Å². The number of hydrogen-bond acceptors (Lipinski definition) is 3. The summed E-state index contributed by atoms with van der Waals surface area (Å²) in [6, 6.07) is 34.1. The lowest BCUT2D eigenvalue weighted by molar-refractivity contribution is -0.132. The summed E-state index contributed by atoms with van der Waals surface area (Å²) in [7, 11) is 0. The van der Waals surface area contributed by atoms with E-state index in [1.54, 1.807) is 18.2 Å². The van der Waals surface area contributed by atoms with Crippen molar-refractivity contribution in [3.63, 3.8) is 0 Å². The van der Waals surface area contributed by atoms with Gasteiger partial charge in [0.15, 0.2) is 0 Å². The van der Waals surface area contributed by atoms with Crippen LogP contribution >= 0.6 is 0 Å². The van der Waals surface area contributed by atoms with Crippen LogP contribution in [0.4, 0.5) is 17.1 Å². The van der Waals surface area contributed by atoms with E-state index in [1.807, 2.05) is 24.3 Å². The van der Waals surface area contributed by atoms with Gasteiger partial charge in [-0.3, -0.25) is 0 Å². The van der Waals surface area contributed by atoms with Crippen molar-refractivity contribution in [1.29, 1.82) is 5.26 Å². The fourth-order valence-corrected chi connectivity index (χ4v) is 4.36. The van der Waals surface area contributed by atoms with Gasteiger partial charge in [0.25, 0.3) is 0 Å². The Kier molecular flexibility index (Phi) is 9.57. The molecule has 0 atom stereocenters. The van der Waals surface area contributed by atoms with Gasteiger partial charge in [-0.15, -0.1) is 0 Å². The normalized spacial score (nSPS) is 10.5. The highest BCUT2D eigenvalue weighted by Crippen LogP contribution is 2.35. The van der Waals surface area contributed by atoms with E-state index in [4.69, 9.17) is 10.4 Å². The van der Waals surface area contributed by atoms with Gasteiger partial charge in [0, 0.05) is 28.2 Å². The summed E-state index contributed by atoms with van der Waals surface area (Å²) in [6.45, 7) is 8.38. The molecule has 0 spiro atoms. The van der Waals surface area contributed by atoms with E-state index in [0.29, 0.717) is 5.56 Å². The van der Waals surface area contributed by atoms with E-state index in [2.05, 4.69) is 117 Å². The second kappa shape index (κ2) is 13.7. The van der Waals surface area contributed by atoms with Crippen molar-refractivity contribution in [3.8, 4) is 17.9 Å². The third-order valence-electron chi connectivity index (χ3n) is 6.26. The van der Waals surface area contributed by atoms with Crippen molar-refractivity contribution in [2.45, 2.75) is 27.7 Å². The number of carboxylic acids is 1. The molecular formula is C38H32N2O2. The summed E-state index contributed by atoms with van der Waals surface area (Å²) in [5, 5.41) is 18.0. The predicted octanol–water partition coefficient (Wildman–Crippen LogP) is 9.39. The van der Waals surface area contributed by atoms with Crippen LogP contribution in [0.5, 0.6) is 0 Å². The fourth-order valence-electron chi connectivity index (χ4n) is 4.36. The second-order valence-electron chi connectivity index (χ2n) is 10.4. The van der Waals surface area contributed by atoms with Gasteiger partial charge >= 0.3 is 5.97 Å². The highest BCUT2D eigenvalue weighted by atomic mass is 16.4. The van der Waals surface area contributed by atoms with Gasteiger partial charge in [-0.2, -0.15) is 5.26 Å². The summed E-state index contributed by atoms with van der Waals surface area (Å²) in [5.41, 5.74) is 9.97. The lowest BCUT2D eigenvalue weighted by atomic mass is 10.1. The third kappa shape index (κ3) is 7.98. The largest absolute Gasteiger partial charge is 0.477 e. The van der Waals surface area contributed by atoms with Gasteiger partial charge in [0.2, 0.25) is 0 Å². The van der Waals surface area contributed by atoms with Crippen molar-refractivity contribution >= 4 is 41.3 Å². The van der Waals surface area contributed by atoms with Crippen molar-refractivity contribution in [2.75, 3.05) is 4.90 Å². The molecule has 0 radical (unpaired) electrons.